The van der Waals surface area contributed by atoms with Crippen molar-refractivity contribution in [2.24, 2.45) is 0 Å². The average molecular weight is 904 g/mol. The number of hydrogen-bond donors (Lipinski definition) is 0. The predicted molar refractivity (Wildman–Crippen MR) is 226 cm³/mol. The van der Waals surface area contributed by atoms with Gasteiger partial charge in [0.1, 0.15) is 0 Å². The summed E-state index contributed by atoms with van der Waals surface area (Å²) in [5.74, 6) is -2.75. The van der Waals surface area contributed by atoms with Crippen molar-refractivity contribution in [1.29, 1.82) is 0 Å². The number of aliphatic carboxylic acids is 3. The fourth-order valence-electron chi connectivity index (χ4n) is 5.96. The molecule has 0 heterocycles. The van der Waals surface area contributed by atoms with Gasteiger partial charge in [0.25, 0.3) is 0 Å². The minimum Gasteiger partial charge on any atom is -0.550 e. The van der Waals surface area contributed by atoms with Crippen molar-refractivity contribution >= 4 is 17.9 Å². The Kier molecular flexibility index (Phi) is 63.2. The molecule has 0 aromatic rings. The van der Waals surface area contributed by atoms with E-state index in [0.717, 1.165) is 57.8 Å². The van der Waals surface area contributed by atoms with Crippen LogP contribution in [0.5, 0.6) is 0 Å². The Morgan fingerprint density at radius 3 is 0.636 bits per heavy atom. The molecule has 0 amide bonds. The Morgan fingerprint density at radius 1 is 0.291 bits per heavy atom. The zero-order chi connectivity index (χ0) is 40.4. The summed E-state index contributed by atoms with van der Waals surface area (Å²) < 4.78 is 0. The quantitative estimate of drug-likeness (QED) is 0.0447. The molecule has 0 spiro atoms. The Hall–Kier alpha value is -1.02. The minimum atomic E-state index is -0.916. The number of carbonyl (C=O) groups excluding carboxylic acids is 3. The van der Waals surface area contributed by atoms with Crippen molar-refractivity contribution in [1.82, 2.24) is 0 Å². The van der Waals surface area contributed by atoms with Gasteiger partial charge >= 0.3 is 40.8 Å². The minimum absolute atomic E-state index is 0. The Balaban J connectivity index is -0.000000351. The van der Waals surface area contributed by atoms with Gasteiger partial charge in [-0.25, -0.2) is 0 Å². The molecular weight excluding hydrogens is 817 g/mol. The molecule has 0 saturated heterocycles. The van der Waals surface area contributed by atoms with Crippen LogP contribution in [0.3, 0.4) is 0 Å². The van der Waals surface area contributed by atoms with E-state index in [9.17, 15) is 29.7 Å². The number of hydrogen-bond acceptors (Lipinski definition) is 6. The smallest absolute Gasteiger partial charge is 0.550 e. The van der Waals surface area contributed by atoms with E-state index < -0.39 is 17.9 Å². The number of carbonyl (C=O) groups is 3. The fraction of sp³-hybridized carbons (Fsp3) is 0.812. The van der Waals surface area contributed by atoms with Crippen LogP contribution in [0.15, 0.2) is 36.5 Å². The Labute approximate surface area is 374 Å². The Morgan fingerprint density at radius 2 is 0.455 bits per heavy atom. The normalized spacial score (nSPS) is 11.0. The van der Waals surface area contributed by atoms with Crippen LogP contribution < -0.4 is 15.3 Å². The molecule has 319 valence electrons. The van der Waals surface area contributed by atoms with E-state index in [0.29, 0.717) is 0 Å². The van der Waals surface area contributed by atoms with Gasteiger partial charge in [0.15, 0.2) is 0 Å². The van der Waals surface area contributed by atoms with Crippen LogP contribution in [0.2, 0.25) is 0 Å². The van der Waals surface area contributed by atoms with E-state index in [2.05, 4.69) is 57.2 Å². The summed E-state index contributed by atoms with van der Waals surface area (Å²) in [4.78, 5) is 30.5. The van der Waals surface area contributed by atoms with Gasteiger partial charge in [0.2, 0.25) is 0 Å². The van der Waals surface area contributed by atoms with Crippen LogP contribution >= 0.6 is 0 Å². The second-order valence-corrected chi connectivity index (χ2v) is 15.0. The zero-order valence-electron chi connectivity index (χ0n) is 36.4. The van der Waals surface area contributed by atoms with Crippen molar-refractivity contribution in [2.75, 3.05) is 0 Å². The van der Waals surface area contributed by atoms with Gasteiger partial charge in [-0.3, -0.25) is 0 Å². The van der Waals surface area contributed by atoms with Crippen LogP contribution in [-0.2, 0) is 14.4 Å². The van der Waals surface area contributed by atoms with Gasteiger partial charge in [-0.05, 0) is 116 Å². The molecule has 1 radical (unpaired) electrons. The molecule has 0 aromatic heterocycles. The maximum atomic E-state index is 10.2. The van der Waals surface area contributed by atoms with Crippen molar-refractivity contribution in [3.8, 4) is 0 Å². The molecule has 6 nitrogen and oxygen atoms in total. The third kappa shape index (κ3) is 71.2. The first kappa shape index (κ1) is 60.7. The van der Waals surface area contributed by atoms with Crippen LogP contribution in [0.25, 0.3) is 0 Å². The van der Waals surface area contributed by atoms with Crippen LogP contribution in [-0.4, -0.2) is 17.9 Å². The van der Waals surface area contributed by atoms with Crippen molar-refractivity contribution in [2.45, 2.75) is 252 Å². The van der Waals surface area contributed by atoms with Gasteiger partial charge in [0, 0.05) is 17.9 Å². The maximum Gasteiger partial charge on any atom is 3.00 e. The van der Waals surface area contributed by atoms with Crippen LogP contribution in [0.4, 0.5) is 0 Å². The first-order chi connectivity index (χ1) is 26.3. The van der Waals surface area contributed by atoms with Gasteiger partial charge in [-0.1, -0.05) is 173 Å². The molecule has 0 atom stereocenters. The summed E-state index contributed by atoms with van der Waals surface area (Å²) in [7, 11) is 0. The topological polar surface area (TPSA) is 120 Å². The van der Waals surface area contributed by atoms with Crippen molar-refractivity contribution in [3.05, 3.63) is 36.5 Å². The summed E-state index contributed by atoms with van der Waals surface area (Å²) in [5, 5.41) is 30.5. The zero-order valence-corrected chi connectivity index (χ0v) is 39.6. The first-order valence-electron chi connectivity index (χ1n) is 22.9. The summed E-state index contributed by atoms with van der Waals surface area (Å²) in [6, 6.07) is 0. The van der Waals surface area contributed by atoms with Crippen LogP contribution in [0, 0.1) is 40.8 Å². The van der Waals surface area contributed by atoms with Crippen LogP contribution in [0.1, 0.15) is 252 Å². The molecule has 0 saturated carbocycles. The molecule has 0 aliphatic rings. The fourth-order valence-corrected chi connectivity index (χ4v) is 5.96. The molecule has 0 aromatic carbocycles. The standard InChI is InChI=1S/3C16H30O2.Nd/c3*1-2-3-4-5-6-7-8-9-10-11-12-13-14-15-16(17)18;/h3*7-8H,2-6,9-15H2,1H3,(H,17,18);/q;;;+3/p-3/b3*8-7-;. The third-order valence-electron chi connectivity index (χ3n) is 9.43. The average Bonchev–Trinajstić information content (AvgIpc) is 3.14. The third-order valence-corrected chi connectivity index (χ3v) is 9.43. The predicted octanol–water partition coefficient (Wildman–Crippen LogP) is 12.0. The first-order valence-corrected chi connectivity index (χ1v) is 22.9. The number of allylic oxidation sites excluding steroid dienone is 6. The van der Waals surface area contributed by atoms with E-state index in [1.54, 1.807) is 0 Å². The number of carboxylic acid groups (broad SMARTS) is 3. The number of unbranched alkanes of at least 4 members (excludes halogenated alkanes) is 27. The van der Waals surface area contributed by atoms with E-state index in [1.807, 2.05) is 0 Å². The van der Waals surface area contributed by atoms with E-state index in [-0.39, 0.29) is 60.1 Å². The molecule has 7 heteroatoms. The number of rotatable bonds is 39. The Bertz CT molecular complexity index is 744. The van der Waals surface area contributed by atoms with E-state index >= 15 is 0 Å². The number of carboxylic acids is 3. The molecule has 0 rings (SSSR count). The molecular formula is C48H87NdO6. The largest absolute Gasteiger partial charge is 3.00 e. The maximum absolute atomic E-state index is 10.2. The molecule has 55 heavy (non-hydrogen) atoms. The van der Waals surface area contributed by atoms with Crippen molar-refractivity contribution in [3.63, 3.8) is 0 Å². The van der Waals surface area contributed by atoms with Crippen molar-refractivity contribution < 1.29 is 70.5 Å². The van der Waals surface area contributed by atoms with Gasteiger partial charge < -0.3 is 29.7 Å². The summed E-state index contributed by atoms with van der Waals surface area (Å²) in [5.41, 5.74) is 0. The molecule has 0 bridgehead atoms. The van der Waals surface area contributed by atoms with Gasteiger partial charge in [0.05, 0.1) is 0 Å². The molecule has 0 N–H and O–H groups in total. The second-order valence-electron chi connectivity index (χ2n) is 15.0. The molecule has 0 unspecified atom stereocenters. The van der Waals surface area contributed by atoms with Gasteiger partial charge in [-0.2, -0.15) is 0 Å². The second kappa shape index (κ2) is 57.3. The van der Waals surface area contributed by atoms with E-state index in [1.165, 1.54) is 154 Å². The summed E-state index contributed by atoms with van der Waals surface area (Å²) in [6.45, 7) is 6.72. The SMILES string of the molecule is CCCCCC/C=C\CCCCCCCC(=O)[O-].CCCCCC/C=C\CCCCCCCC(=O)[O-].CCCCCC/C=C\CCCCCCCC(=O)[O-].[Nd+3]. The van der Waals surface area contributed by atoms with E-state index in [4.69, 9.17) is 0 Å². The summed E-state index contributed by atoms with van der Waals surface area (Å²) in [6.07, 6.45) is 53.9. The molecule has 0 fully saturated rings. The summed E-state index contributed by atoms with van der Waals surface area (Å²) >= 11 is 0. The molecule has 0 aliphatic heterocycles. The monoisotopic (exact) mass is 902 g/mol. The van der Waals surface area contributed by atoms with Gasteiger partial charge in [-0.15, -0.1) is 0 Å². The molecule has 0 aliphatic carbocycles.